The van der Waals surface area contributed by atoms with Crippen LogP contribution in [0.3, 0.4) is 0 Å². The Balaban J connectivity index is 4.37. The number of rotatable bonds is 5. The molecule has 0 aliphatic carbocycles. The molecule has 0 aromatic rings. The number of aliphatic hydroxyl groups is 1. The van der Waals surface area contributed by atoms with Gasteiger partial charge in [0.25, 0.3) is 0 Å². The second-order valence-electron chi connectivity index (χ2n) is 3.35. The van der Waals surface area contributed by atoms with Gasteiger partial charge in [-0.15, -0.1) is 12.3 Å². The summed E-state index contributed by atoms with van der Waals surface area (Å²) in [5.74, 6) is 2.56. The highest BCUT2D eigenvalue weighted by atomic mass is 28.3. The van der Waals surface area contributed by atoms with Crippen LogP contribution >= 0.6 is 0 Å². The van der Waals surface area contributed by atoms with E-state index in [-0.39, 0.29) is 5.73 Å². The summed E-state index contributed by atoms with van der Waals surface area (Å²) in [4.78, 5) is 0. The molecule has 0 amide bonds. The lowest BCUT2D eigenvalue weighted by Gasteiger charge is -2.32. The van der Waals surface area contributed by atoms with Gasteiger partial charge in [-0.1, -0.05) is 38.9 Å². The molecule has 0 saturated heterocycles. The van der Waals surface area contributed by atoms with Crippen molar-refractivity contribution in [1.82, 2.24) is 0 Å². The van der Waals surface area contributed by atoms with Gasteiger partial charge in [-0.2, -0.15) is 0 Å². The molecule has 0 aliphatic rings. The minimum absolute atomic E-state index is 0.192. The molecule has 0 bridgehead atoms. The Labute approximate surface area is 77.2 Å². The predicted molar refractivity (Wildman–Crippen MR) is 56.7 cm³/mol. The zero-order chi connectivity index (χ0) is 9.61. The van der Waals surface area contributed by atoms with E-state index in [0.717, 1.165) is 18.1 Å². The van der Waals surface area contributed by atoms with Crippen LogP contribution in [0.5, 0.6) is 0 Å². The molecule has 2 heteroatoms. The van der Waals surface area contributed by atoms with Crippen LogP contribution in [0.15, 0.2) is 0 Å². The van der Waals surface area contributed by atoms with Gasteiger partial charge in [0.2, 0.25) is 0 Å². The molecule has 0 heterocycles. The smallest absolute Gasteiger partial charge is 0.0877 e. The van der Waals surface area contributed by atoms with Crippen molar-refractivity contribution < 1.29 is 5.11 Å². The molecule has 0 spiro atoms. The van der Waals surface area contributed by atoms with Gasteiger partial charge in [0.15, 0.2) is 0 Å². The van der Waals surface area contributed by atoms with E-state index in [9.17, 15) is 5.11 Å². The largest absolute Gasteiger partial charge is 0.396 e. The van der Waals surface area contributed by atoms with Crippen molar-refractivity contribution in [1.29, 1.82) is 0 Å². The Morgan fingerprint density at radius 1 is 1.25 bits per heavy atom. The first-order chi connectivity index (χ1) is 5.66. The third-order valence-electron chi connectivity index (χ3n) is 3.13. The number of hydrogen-bond acceptors (Lipinski definition) is 1. The molecule has 0 aromatic carbocycles. The SMILES string of the molecule is C#CCC(O)[Si](CC)(CC)CC. The Morgan fingerprint density at radius 2 is 1.67 bits per heavy atom. The van der Waals surface area contributed by atoms with Gasteiger partial charge in [0.1, 0.15) is 0 Å². The highest BCUT2D eigenvalue weighted by Gasteiger charge is 2.34. The van der Waals surface area contributed by atoms with E-state index in [2.05, 4.69) is 26.7 Å². The summed E-state index contributed by atoms with van der Waals surface area (Å²) in [6.45, 7) is 6.54. The van der Waals surface area contributed by atoms with E-state index in [4.69, 9.17) is 6.42 Å². The molecule has 0 saturated carbocycles. The van der Waals surface area contributed by atoms with Gasteiger partial charge >= 0.3 is 0 Å². The number of hydrogen-bond donors (Lipinski definition) is 1. The lowest BCUT2D eigenvalue weighted by atomic mass is 10.5. The van der Waals surface area contributed by atoms with E-state index in [1.807, 2.05) is 0 Å². The monoisotopic (exact) mass is 184 g/mol. The summed E-state index contributed by atoms with van der Waals surface area (Å²) in [5.41, 5.74) is -0.192. The van der Waals surface area contributed by atoms with Crippen molar-refractivity contribution >= 4 is 8.07 Å². The van der Waals surface area contributed by atoms with Gasteiger partial charge in [-0.25, -0.2) is 0 Å². The topological polar surface area (TPSA) is 20.2 Å². The highest BCUT2D eigenvalue weighted by Crippen LogP contribution is 2.25. The van der Waals surface area contributed by atoms with Crippen LogP contribution in [0.4, 0.5) is 0 Å². The zero-order valence-corrected chi connectivity index (χ0v) is 9.43. The van der Waals surface area contributed by atoms with Crippen molar-refractivity contribution in [2.75, 3.05) is 0 Å². The first-order valence-corrected chi connectivity index (χ1v) is 7.48. The van der Waals surface area contributed by atoms with E-state index in [0.29, 0.717) is 6.42 Å². The Morgan fingerprint density at radius 3 is 1.92 bits per heavy atom. The Bertz CT molecular complexity index is 147. The van der Waals surface area contributed by atoms with Crippen LogP contribution in [0.1, 0.15) is 27.2 Å². The Hall–Kier alpha value is -0.263. The lowest BCUT2D eigenvalue weighted by molar-refractivity contribution is 0.246. The van der Waals surface area contributed by atoms with Crippen LogP contribution in [-0.2, 0) is 0 Å². The molecular formula is C10H20OSi. The van der Waals surface area contributed by atoms with E-state index < -0.39 is 8.07 Å². The Kier molecular flexibility index (Phi) is 5.28. The molecule has 0 radical (unpaired) electrons. The van der Waals surface area contributed by atoms with E-state index in [1.54, 1.807) is 0 Å². The molecule has 0 rings (SSSR count). The van der Waals surface area contributed by atoms with Crippen molar-refractivity contribution in [3.8, 4) is 12.3 Å². The van der Waals surface area contributed by atoms with Crippen molar-refractivity contribution in [2.24, 2.45) is 0 Å². The fourth-order valence-electron chi connectivity index (χ4n) is 1.79. The summed E-state index contributed by atoms with van der Waals surface area (Å²) in [7, 11) is -1.43. The van der Waals surface area contributed by atoms with Crippen LogP contribution in [0.2, 0.25) is 18.1 Å². The van der Waals surface area contributed by atoms with Gasteiger partial charge < -0.3 is 5.11 Å². The summed E-state index contributed by atoms with van der Waals surface area (Å²) in [6.07, 6.45) is 5.75. The van der Waals surface area contributed by atoms with Crippen LogP contribution in [0, 0.1) is 12.3 Å². The third-order valence-corrected chi connectivity index (χ3v) is 8.97. The molecule has 70 valence electrons. The molecule has 12 heavy (non-hydrogen) atoms. The quantitative estimate of drug-likeness (QED) is 0.514. The van der Waals surface area contributed by atoms with Crippen molar-refractivity contribution in [3.63, 3.8) is 0 Å². The van der Waals surface area contributed by atoms with Crippen LogP contribution in [-0.4, -0.2) is 18.9 Å². The second-order valence-corrected chi connectivity index (χ2v) is 8.86. The maximum atomic E-state index is 9.88. The molecule has 0 aromatic heterocycles. The van der Waals surface area contributed by atoms with Crippen LogP contribution < -0.4 is 0 Å². The highest BCUT2D eigenvalue weighted by molar-refractivity contribution is 6.80. The molecule has 0 fully saturated rings. The fourth-order valence-corrected chi connectivity index (χ4v) is 5.25. The molecular weight excluding hydrogens is 164 g/mol. The first-order valence-electron chi connectivity index (χ1n) is 4.78. The predicted octanol–water partition coefficient (Wildman–Crippen LogP) is 2.42. The van der Waals surface area contributed by atoms with Gasteiger partial charge in [0.05, 0.1) is 13.8 Å². The number of aliphatic hydroxyl groups excluding tert-OH is 1. The van der Waals surface area contributed by atoms with E-state index >= 15 is 0 Å². The number of terminal acetylenes is 1. The fraction of sp³-hybridized carbons (Fsp3) is 0.800. The van der Waals surface area contributed by atoms with Gasteiger partial charge in [-0.05, 0) is 0 Å². The lowest BCUT2D eigenvalue weighted by Crippen LogP contribution is -2.45. The average molecular weight is 184 g/mol. The summed E-state index contributed by atoms with van der Waals surface area (Å²) >= 11 is 0. The average Bonchev–Trinajstić information content (AvgIpc) is 2.09. The zero-order valence-electron chi connectivity index (χ0n) is 8.43. The second kappa shape index (κ2) is 5.39. The molecule has 1 N–H and O–H groups in total. The maximum absolute atomic E-state index is 9.88. The van der Waals surface area contributed by atoms with Gasteiger partial charge in [0, 0.05) is 6.42 Å². The van der Waals surface area contributed by atoms with E-state index in [1.165, 1.54) is 0 Å². The summed E-state index contributed by atoms with van der Waals surface area (Å²) < 4.78 is 0. The van der Waals surface area contributed by atoms with Gasteiger partial charge in [-0.3, -0.25) is 0 Å². The molecule has 0 aliphatic heterocycles. The first kappa shape index (κ1) is 11.7. The summed E-state index contributed by atoms with van der Waals surface area (Å²) in [5, 5.41) is 9.88. The minimum Gasteiger partial charge on any atom is -0.396 e. The molecule has 1 unspecified atom stereocenters. The molecule has 1 nitrogen and oxygen atoms in total. The normalized spacial score (nSPS) is 13.9. The standard InChI is InChI=1S/C10H20OSi/c1-5-9-10(11)12(6-2,7-3)8-4/h1,10-11H,6-9H2,2-4H3. The van der Waals surface area contributed by atoms with Crippen LogP contribution in [0.25, 0.3) is 0 Å². The minimum atomic E-state index is -1.43. The summed E-state index contributed by atoms with van der Waals surface area (Å²) in [6, 6.07) is 3.43. The maximum Gasteiger partial charge on any atom is 0.0877 e. The van der Waals surface area contributed by atoms with Crippen molar-refractivity contribution in [2.45, 2.75) is 51.1 Å². The molecule has 1 atom stereocenters. The third kappa shape index (κ3) is 2.36. The van der Waals surface area contributed by atoms with Crippen molar-refractivity contribution in [3.05, 3.63) is 0 Å².